The monoisotopic (exact) mass is 470 g/mol. The second kappa shape index (κ2) is 23.6. The van der Waals surface area contributed by atoms with Crippen LogP contribution >= 0.6 is 0 Å². The van der Waals surface area contributed by atoms with Crippen molar-refractivity contribution < 1.29 is 38.0 Å². The molecule has 1 rings (SSSR count). The van der Waals surface area contributed by atoms with Gasteiger partial charge in [0.25, 0.3) is 0 Å². The molecule has 1 aromatic carbocycles. The van der Waals surface area contributed by atoms with Gasteiger partial charge >= 0.3 is 0 Å². The van der Waals surface area contributed by atoms with Crippen LogP contribution in [-0.4, -0.2) is 92.2 Å². The molecule has 190 valence electrons. The summed E-state index contributed by atoms with van der Waals surface area (Å²) >= 11 is 0. The van der Waals surface area contributed by atoms with Gasteiger partial charge in [0.05, 0.1) is 72.7 Å². The number of hydrogen-bond donors (Lipinski definition) is 0. The van der Waals surface area contributed by atoms with Gasteiger partial charge in [0.15, 0.2) is 0 Å². The molecule has 33 heavy (non-hydrogen) atoms. The molecular formula is C25H42O8. The van der Waals surface area contributed by atoms with Gasteiger partial charge in [-0.15, -0.1) is 0 Å². The molecule has 0 aromatic heterocycles. The summed E-state index contributed by atoms with van der Waals surface area (Å²) in [6.07, 6.45) is 5.70. The molecule has 0 aliphatic carbocycles. The zero-order chi connectivity index (χ0) is 23.7. The lowest BCUT2D eigenvalue weighted by Gasteiger charge is -2.09. The second-order valence-electron chi connectivity index (χ2n) is 7.27. The molecule has 8 nitrogen and oxygen atoms in total. The Bertz CT molecular complexity index is 538. The zero-order valence-corrected chi connectivity index (χ0v) is 20.2. The lowest BCUT2D eigenvalue weighted by Crippen LogP contribution is -2.14. The Kier molecular flexibility index (Phi) is 21.1. The van der Waals surface area contributed by atoms with E-state index in [-0.39, 0.29) is 0 Å². The molecule has 0 fully saturated rings. The molecule has 8 heteroatoms. The first kappa shape index (κ1) is 29.5. The molecule has 0 atom stereocenters. The van der Waals surface area contributed by atoms with E-state index in [9.17, 15) is 4.79 Å². The average molecular weight is 471 g/mol. The third kappa shape index (κ3) is 19.6. The van der Waals surface area contributed by atoms with E-state index in [1.54, 1.807) is 24.3 Å². The third-order valence-electron chi connectivity index (χ3n) is 4.51. The van der Waals surface area contributed by atoms with Crippen LogP contribution in [0.1, 0.15) is 43.0 Å². The van der Waals surface area contributed by atoms with Crippen LogP contribution in [0.5, 0.6) is 5.75 Å². The summed E-state index contributed by atoms with van der Waals surface area (Å²) in [4.78, 5) is 10.6. The maximum Gasteiger partial charge on any atom is 0.150 e. The maximum atomic E-state index is 10.6. The number of benzene rings is 1. The van der Waals surface area contributed by atoms with Crippen LogP contribution in [0.15, 0.2) is 24.3 Å². The van der Waals surface area contributed by atoms with Crippen molar-refractivity contribution in [2.75, 3.05) is 85.9 Å². The highest BCUT2D eigenvalue weighted by molar-refractivity contribution is 5.74. The minimum Gasteiger partial charge on any atom is -0.491 e. The van der Waals surface area contributed by atoms with Crippen LogP contribution < -0.4 is 4.74 Å². The molecule has 0 aliphatic rings. The quantitative estimate of drug-likeness (QED) is 0.159. The van der Waals surface area contributed by atoms with Crippen molar-refractivity contribution in [2.45, 2.75) is 32.6 Å². The van der Waals surface area contributed by atoms with Gasteiger partial charge in [-0.25, -0.2) is 0 Å². The first-order chi connectivity index (χ1) is 16.4. The molecule has 0 heterocycles. The average Bonchev–Trinajstić information content (AvgIpc) is 2.85. The van der Waals surface area contributed by atoms with E-state index >= 15 is 0 Å². The fourth-order valence-corrected chi connectivity index (χ4v) is 2.69. The topological polar surface area (TPSA) is 81.7 Å². The highest BCUT2D eigenvalue weighted by Gasteiger charge is 1.96. The highest BCUT2D eigenvalue weighted by atomic mass is 16.6. The number of ether oxygens (including phenoxy) is 7. The van der Waals surface area contributed by atoms with Crippen molar-refractivity contribution in [3.05, 3.63) is 29.8 Å². The van der Waals surface area contributed by atoms with E-state index in [0.29, 0.717) is 90.6 Å². The summed E-state index contributed by atoms with van der Waals surface area (Å²) in [5.41, 5.74) is 0.627. The maximum absolute atomic E-state index is 10.6. The molecule has 0 bridgehead atoms. The second-order valence-corrected chi connectivity index (χ2v) is 7.27. The molecule has 0 saturated carbocycles. The van der Waals surface area contributed by atoms with Crippen molar-refractivity contribution in [1.82, 2.24) is 0 Å². The van der Waals surface area contributed by atoms with Gasteiger partial charge in [-0.1, -0.05) is 26.2 Å². The van der Waals surface area contributed by atoms with Crippen LogP contribution in [0.2, 0.25) is 0 Å². The Hall–Kier alpha value is -1.55. The molecule has 0 amide bonds. The van der Waals surface area contributed by atoms with E-state index in [1.807, 2.05) is 0 Å². The summed E-state index contributed by atoms with van der Waals surface area (Å²) in [7, 11) is 0. The molecule has 0 spiro atoms. The van der Waals surface area contributed by atoms with Crippen molar-refractivity contribution in [1.29, 1.82) is 0 Å². The summed E-state index contributed by atoms with van der Waals surface area (Å²) in [6.45, 7) is 9.45. The summed E-state index contributed by atoms with van der Waals surface area (Å²) in [6, 6.07) is 6.96. The number of aldehydes is 1. The third-order valence-corrected chi connectivity index (χ3v) is 4.51. The Morgan fingerprint density at radius 3 is 1.39 bits per heavy atom. The van der Waals surface area contributed by atoms with E-state index < -0.39 is 0 Å². The van der Waals surface area contributed by atoms with Crippen LogP contribution in [0, 0.1) is 0 Å². The number of unbranched alkanes of at least 4 members (excludes halogenated alkanes) is 3. The lowest BCUT2D eigenvalue weighted by atomic mass is 10.2. The summed E-state index contributed by atoms with van der Waals surface area (Å²) in [5, 5.41) is 0. The number of rotatable bonds is 25. The van der Waals surface area contributed by atoms with E-state index in [4.69, 9.17) is 33.2 Å². The molecule has 0 radical (unpaired) electrons. The first-order valence-electron chi connectivity index (χ1n) is 12.0. The Morgan fingerprint density at radius 1 is 0.545 bits per heavy atom. The van der Waals surface area contributed by atoms with Gasteiger partial charge in [0.2, 0.25) is 0 Å². The molecule has 0 unspecified atom stereocenters. The van der Waals surface area contributed by atoms with Crippen molar-refractivity contribution in [3.8, 4) is 5.75 Å². The van der Waals surface area contributed by atoms with Crippen LogP contribution in [0.3, 0.4) is 0 Å². The van der Waals surface area contributed by atoms with E-state index in [1.165, 1.54) is 19.3 Å². The van der Waals surface area contributed by atoms with Crippen LogP contribution in [0.4, 0.5) is 0 Å². The van der Waals surface area contributed by atoms with E-state index in [2.05, 4.69) is 6.92 Å². The smallest absolute Gasteiger partial charge is 0.150 e. The van der Waals surface area contributed by atoms with Crippen LogP contribution in [0.25, 0.3) is 0 Å². The predicted octanol–water partition coefficient (Wildman–Crippen LogP) is 3.56. The Labute approximate surface area is 198 Å². The minimum absolute atomic E-state index is 0.446. The first-order valence-corrected chi connectivity index (χ1v) is 12.0. The van der Waals surface area contributed by atoms with E-state index in [0.717, 1.165) is 19.3 Å². The van der Waals surface area contributed by atoms with Gasteiger partial charge < -0.3 is 33.2 Å². The van der Waals surface area contributed by atoms with Gasteiger partial charge in [-0.3, -0.25) is 4.79 Å². The van der Waals surface area contributed by atoms with Crippen molar-refractivity contribution in [3.63, 3.8) is 0 Å². The minimum atomic E-state index is 0.446. The lowest BCUT2D eigenvalue weighted by molar-refractivity contribution is -0.0179. The molecule has 1 aromatic rings. The fraction of sp³-hybridized carbons (Fsp3) is 0.720. The normalized spacial score (nSPS) is 11.1. The van der Waals surface area contributed by atoms with Crippen molar-refractivity contribution in [2.24, 2.45) is 0 Å². The summed E-state index contributed by atoms with van der Waals surface area (Å²) in [5.74, 6) is 0.715. The Morgan fingerprint density at radius 2 is 0.970 bits per heavy atom. The Balaban J connectivity index is 1.69. The molecule has 0 N–H and O–H groups in total. The molecular weight excluding hydrogens is 428 g/mol. The zero-order valence-electron chi connectivity index (χ0n) is 20.2. The molecule has 0 aliphatic heterocycles. The number of hydrogen-bond acceptors (Lipinski definition) is 8. The number of carbonyl (C=O) groups excluding carboxylic acids is 1. The SMILES string of the molecule is CCCCCCOCCOCCOCCOCCOCCOCCOc1ccc(C=O)cc1. The highest BCUT2D eigenvalue weighted by Crippen LogP contribution is 2.10. The van der Waals surface area contributed by atoms with Crippen molar-refractivity contribution >= 4 is 6.29 Å². The van der Waals surface area contributed by atoms with Gasteiger partial charge in [0.1, 0.15) is 18.6 Å². The standard InChI is InChI=1S/C25H42O8/c1-2-3-4-5-10-27-11-12-28-13-14-29-15-16-30-17-18-31-19-20-32-21-22-33-25-8-6-24(23-26)7-9-25/h6-9,23H,2-5,10-22H2,1H3. The molecule has 0 saturated heterocycles. The van der Waals surface area contributed by atoms with Gasteiger partial charge in [-0.2, -0.15) is 0 Å². The van der Waals surface area contributed by atoms with Gasteiger partial charge in [-0.05, 0) is 30.7 Å². The number of carbonyl (C=O) groups is 1. The summed E-state index contributed by atoms with van der Waals surface area (Å²) < 4.78 is 38.3. The van der Waals surface area contributed by atoms with Crippen LogP contribution in [-0.2, 0) is 28.4 Å². The fourth-order valence-electron chi connectivity index (χ4n) is 2.69. The predicted molar refractivity (Wildman–Crippen MR) is 126 cm³/mol. The largest absolute Gasteiger partial charge is 0.491 e. The van der Waals surface area contributed by atoms with Gasteiger partial charge in [0, 0.05) is 12.2 Å².